The molecule has 1 aliphatic heterocycles. The van der Waals surface area contributed by atoms with E-state index in [0.29, 0.717) is 35.9 Å². The highest BCUT2D eigenvalue weighted by Crippen LogP contribution is 2.38. The van der Waals surface area contributed by atoms with Gasteiger partial charge in [0.2, 0.25) is 5.75 Å². The molecule has 28 heavy (non-hydrogen) atoms. The number of hydrogen-bond donors (Lipinski definition) is 0. The van der Waals surface area contributed by atoms with E-state index in [2.05, 4.69) is 9.97 Å². The number of aromatic nitrogens is 2. The molecule has 0 radical (unpaired) electrons. The average Bonchev–Trinajstić information content (AvgIpc) is 2.73. The van der Waals surface area contributed by atoms with Gasteiger partial charge in [-0.25, -0.2) is 14.4 Å². The van der Waals surface area contributed by atoms with Gasteiger partial charge in [-0.1, -0.05) is 0 Å². The van der Waals surface area contributed by atoms with Crippen molar-refractivity contribution in [2.45, 2.75) is 18.9 Å². The topological polar surface area (TPSA) is 83.0 Å². The van der Waals surface area contributed by atoms with E-state index in [4.69, 9.17) is 18.9 Å². The molecule has 2 heterocycles. The SMILES string of the molecule is COc1cc(C(=O)N2CCCC(Oc3ncc(F)cn3)C2)cc(OC)c1OC. The fraction of sp³-hybridized carbons (Fsp3) is 0.421. The number of likely N-dealkylation sites (tertiary alicyclic amines) is 1. The van der Waals surface area contributed by atoms with Gasteiger partial charge in [-0.2, -0.15) is 0 Å². The zero-order valence-corrected chi connectivity index (χ0v) is 16.0. The summed E-state index contributed by atoms with van der Waals surface area (Å²) >= 11 is 0. The Hall–Kier alpha value is -3.10. The number of piperidine rings is 1. The first-order chi connectivity index (χ1) is 13.5. The lowest BCUT2D eigenvalue weighted by Crippen LogP contribution is -2.44. The van der Waals surface area contributed by atoms with E-state index in [0.717, 1.165) is 25.2 Å². The lowest BCUT2D eigenvalue weighted by atomic mass is 10.1. The van der Waals surface area contributed by atoms with Crippen molar-refractivity contribution in [3.05, 3.63) is 35.9 Å². The summed E-state index contributed by atoms with van der Waals surface area (Å²) in [6.45, 7) is 0.968. The Balaban J connectivity index is 1.75. The Bertz CT molecular complexity index is 806. The van der Waals surface area contributed by atoms with Crippen LogP contribution in [0.5, 0.6) is 23.3 Å². The number of hydrogen-bond acceptors (Lipinski definition) is 7. The van der Waals surface area contributed by atoms with Crippen molar-refractivity contribution in [3.63, 3.8) is 0 Å². The van der Waals surface area contributed by atoms with Crippen molar-refractivity contribution in [3.8, 4) is 23.3 Å². The molecule has 0 aliphatic carbocycles. The summed E-state index contributed by atoms with van der Waals surface area (Å²) in [6.07, 6.45) is 3.33. The van der Waals surface area contributed by atoms with Gasteiger partial charge in [0.1, 0.15) is 6.10 Å². The number of methoxy groups -OCH3 is 3. The molecule has 1 saturated heterocycles. The van der Waals surface area contributed by atoms with Gasteiger partial charge in [-0.15, -0.1) is 0 Å². The molecule has 0 spiro atoms. The summed E-state index contributed by atoms with van der Waals surface area (Å²) in [5.41, 5.74) is 0.424. The molecule has 0 N–H and O–H groups in total. The number of carbonyl (C=O) groups is 1. The molecule has 1 atom stereocenters. The third-order valence-electron chi connectivity index (χ3n) is 4.45. The average molecular weight is 391 g/mol. The molecule has 0 saturated carbocycles. The van der Waals surface area contributed by atoms with Crippen LogP contribution in [0.3, 0.4) is 0 Å². The molecule has 0 bridgehead atoms. The lowest BCUT2D eigenvalue weighted by molar-refractivity contribution is 0.0514. The van der Waals surface area contributed by atoms with E-state index in [1.165, 1.54) is 21.3 Å². The van der Waals surface area contributed by atoms with Crippen LogP contribution in [-0.2, 0) is 0 Å². The van der Waals surface area contributed by atoms with Crippen LogP contribution in [0.2, 0.25) is 0 Å². The number of halogens is 1. The van der Waals surface area contributed by atoms with Crippen LogP contribution >= 0.6 is 0 Å². The first kappa shape index (κ1) is 19.7. The van der Waals surface area contributed by atoms with Gasteiger partial charge < -0.3 is 23.8 Å². The summed E-state index contributed by atoms with van der Waals surface area (Å²) in [7, 11) is 4.50. The van der Waals surface area contributed by atoms with Gasteiger partial charge in [0.25, 0.3) is 5.91 Å². The molecule has 1 amide bonds. The number of carbonyl (C=O) groups excluding carboxylic acids is 1. The highest BCUT2D eigenvalue weighted by atomic mass is 19.1. The number of amides is 1. The first-order valence-electron chi connectivity index (χ1n) is 8.79. The highest BCUT2D eigenvalue weighted by molar-refractivity contribution is 5.95. The summed E-state index contributed by atoms with van der Waals surface area (Å²) in [5.74, 6) is 0.544. The Morgan fingerprint density at radius 3 is 2.32 bits per heavy atom. The van der Waals surface area contributed by atoms with Gasteiger partial charge in [-0.05, 0) is 25.0 Å². The molecule has 1 fully saturated rings. The maximum Gasteiger partial charge on any atom is 0.316 e. The minimum absolute atomic E-state index is 0.0912. The predicted molar refractivity (Wildman–Crippen MR) is 97.6 cm³/mol. The lowest BCUT2D eigenvalue weighted by Gasteiger charge is -2.32. The standard InChI is InChI=1S/C19H22FN3O5/c1-25-15-7-12(8-16(26-2)17(15)27-3)18(24)23-6-4-5-14(11-23)28-19-21-9-13(20)10-22-19/h7-10,14H,4-6,11H2,1-3H3. The Kier molecular flexibility index (Phi) is 6.13. The molecule has 8 nitrogen and oxygen atoms in total. The van der Waals surface area contributed by atoms with Gasteiger partial charge in [0, 0.05) is 12.1 Å². The zero-order valence-electron chi connectivity index (χ0n) is 16.0. The Labute approximate surface area is 162 Å². The van der Waals surface area contributed by atoms with Gasteiger partial charge in [0.05, 0.1) is 40.3 Å². The molecular weight excluding hydrogens is 369 g/mol. The molecule has 3 rings (SSSR count). The third-order valence-corrected chi connectivity index (χ3v) is 4.45. The third kappa shape index (κ3) is 4.24. The van der Waals surface area contributed by atoms with Gasteiger partial charge >= 0.3 is 6.01 Å². The smallest absolute Gasteiger partial charge is 0.316 e. The zero-order chi connectivity index (χ0) is 20.1. The van der Waals surface area contributed by atoms with Crippen molar-refractivity contribution in [2.24, 2.45) is 0 Å². The van der Waals surface area contributed by atoms with E-state index in [9.17, 15) is 9.18 Å². The predicted octanol–water partition coefficient (Wildman–Crippen LogP) is 2.33. The van der Waals surface area contributed by atoms with Crippen LogP contribution in [0, 0.1) is 5.82 Å². The molecular formula is C19H22FN3O5. The summed E-state index contributed by atoms with van der Waals surface area (Å²) < 4.78 is 34.6. The molecule has 9 heteroatoms. The molecule has 1 aromatic heterocycles. The van der Waals surface area contributed by atoms with Crippen molar-refractivity contribution in [1.82, 2.24) is 14.9 Å². The number of ether oxygens (including phenoxy) is 4. The fourth-order valence-corrected chi connectivity index (χ4v) is 3.12. The van der Waals surface area contributed by atoms with Crippen LogP contribution in [0.15, 0.2) is 24.5 Å². The van der Waals surface area contributed by atoms with Crippen LogP contribution in [0.25, 0.3) is 0 Å². The number of nitrogens with zero attached hydrogens (tertiary/aromatic N) is 3. The maximum atomic E-state index is 13.0. The van der Waals surface area contributed by atoms with Crippen LogP contribution < -0.4 is 18.9 Å². The number of rotatable bonds is 6. The van der Waals surface area contributed by atoms with Crippen LogP contribution in [0.1, 0.15) is 23.2 Å². The summed E-state index contributed by atoms with van der Waals surface area (Å²) in [5, 5.41) is 0. The van der Waals surface area contributed by atoms with E-state index < -0.39 is 5.82 Å². The van der Waals surface area contributed by atoms with Crippen LogP contribution in [0.4, 0.5) is 4.39 Å². The molecule has 150 valence electrons. The van der Waals surface area contributed by atoms with E-state index in [1.54, 1.807) is 17.0 Å². The number of benzene rings is 1. The Morgan fingerprint density at radius 1 is 1.11 bits per heavy atom. The van der Waals surface area contributed by atoms with E-state index in [-0.39, 0.29) is 18.0 Å². The van der Waals surface area contributed by atoms with Gasteiger partial charge in [-0.3, -0.25) is 4.79 Å². The van der Waals surface area contributed by atoms with Crippen molar-refractivity contribution >= 4 is 5.91 Å². The first-order valence-corrected chi connectivity index (χ1v) is 8.79. The fourth-order valence-electron chi connectivity index (χ4n) is 3.12. The minimum atomic E-state index is -0.532. The second-order valence-corrected chi connectivity index (χ2v) is 6.23. The summed E-state index contributed by atoms with van der Waals surface area (Å²) in [4.78, 5) is 22.3. The van der Waals surface area contributed by atoms with Crippen molar-refractivity contribution < 1.29 is 28.1 Å². The molecule has 1 aliphatic rings. The van der Waals surface area contributed by atoms with Gasteiger partial charge in [0.15, 0.2) is 17.3 Å². The second-order valence-electron chi connectivity index (χ2n) is 6.23. The molecule has 1 unspecified atom stereocenters. The second kappa shape index (κ2) is 8.73. The monoisotopic (exact) mass is 391 g/mol. The largest absolute Gasteiger partial charge is 0.493 e. The molecule has 1 aromatic carbocycles. The molecule has 2 aromatic rings. The minimum Gasteiger partial charge on any atom is -0.493 e. The maximum absolute atomic E-state index is 13.0. The van der Waals surface area contributed by atoms with Crippen molar-refractivity contribution in [2.75, 3.05) is 34.4 Å². The highest BCUT2D eigenvalue weighted by Gasteiger charge is 2.28. The Morgan fingerprint density at radius 2 is 1.75 bits per heavy atom. The van der Waals surface area contributed by atoms with E-state index in [1.807, 2.05) is 0 Å². The quantitative estimate of drug-likeness (QED) is 0.747. The van der Waals surface area contributed by atoms with Crippen LogP contribution in [-0.4, -0.2) is 61.3 Å². The summed E-state index contributed by atoms with van der Waals surface area (Å²) in [6, 6.07) is 3.34. The van der Waals surface area contributed by atoms with Crippen molar-refractivity contribution in [1.29, 1.82) is 0 Å². The van der Waals surface area contributed by atoms with E-state index >= 15 is 0 Å². The normalized spacial score (nSPS) is 16.4.